The van der Waals surface area contributed by atoms with Crippen LogP contribution in [0.5, 0.6) is 0 Å². The number of fused-ring (bicyclic) bond motifs is 1. The number of nitrogens with one attached hydrogen (secondary N) is 1. The zero-order valence-corrected chi connectivity index (χ0v) is 20.4. The number of hydrogen-bond acceptors (Lipinski definition) is 6. The average Bonchev–Trinajstić information content (AvgIpc) is 2.73. The molecule has 0 aromatic carbocycles. The van der Waals surface area contributed by atoms with Crippen LogP contribution in [-0.4, -0.2) is 36.3 Å². The molecule has 2 aromatic rings. The number of anilines is 1. The summed E-state index contributed by atoms with van der Waals surface area (Å²) in [5, 5.41) is 3.71. The van der Waals surface area contributed by atoms with Gasteiger partial charge in [0.2, 0.25) is 5.78 Å². The molecule has 32 heavy (non-hydrogen) atoms. The minimum Gasteiger partial charge on any atom is -0.336 e. The van der Waals surface area contributed by atoms with Crippen molar-refractivity contribution in [3.63, 3.8) is 0 Å². The number of aliphatic imine (C=N–C) groups is 1. The Morgan fingerprint density at radius 2 is 2.06 bits per heavy atom. The number of aromatic nitrogens is 2. The Bertz CT molecular complexity index is 1130. The first-order valence-electron chi connectivity index (χ1n) is 10.8. The van der Waals surface area contributed by atoms with Crippen LogP contribution in [0, 0.1) is 11.8 Å². The minimum atomic E-state index is -3.32. The molecule has 9 heteroatoms. The van der Waals surface area contributed by atoms with Crippen molar-refractivity contribution in [2.75, 3.05) is 11.6 Å². The maximum absolute atomic E-state index is 13.3. The fourth-order valence-electron chi connectivity index (χ4n) is 3.73. The van der Waals surface area contributed by atoms with Gasteiger partial charge in [-0.25, -0.2) is 13.4 Å². The quantitative estimate of drug-likeness (QED) is 0.624. The van der Waals surface area contributed by atoms with Crippen LogP contribution in [0.1, 0.15) is 50.6 Å². The van der Waals surface area contributed by atoms with Crippen LogP contribution in [0.25, 0.3) is 0 Å². The van der Waals surface area contributed by atoms with Crippen LogP contribution < -0.4 is 5.32 Å². The molecule has 1 N–H and O–H groups in total. The summed E-state index contributed by atoms with van der Waals surface area (Å²) in [5.41, 5.74) is 3.06. The fourth-order valence-corrected chi connectivity index (χ4v) is 4.58. The third kappa shape index (κ3) is 5.92. The zero-order chi connectivity index (χ0) is 23.5. The van der Waals surface area contributed by atoms with E-state index in [1.807, 2.05) is 13.0 Å². The molecule has 0 spiro atoms. The molecule has 0 aliphatic carbocycles. The van der Waals surface area contributed by atoms with E-state index in [4.69, 9.17) is 11.6 Å². The molecule has 7 nitrogen and oxygen atoms in total. The second-order valence-electron chi connectivity index (χ2n) is 8.56. The lowest BCUT2D eigenvalue weighted by Crippen LogP contribution is -2.33. The Kier molecular flexibility index (Phi) is 7.67. The van der Waals surface area contributed by atoms with Crippen molar-refractivity contribution in [3.05, 3.63) is 46.5 Å². The van der Waals surface area contributed by atoms with E-state index in [-0.39, 0.29) is 29.0 Å². The van der Waals surface area contributed by atoms with E-state index in [1.165, 1.54) is 12.3 Å². The predicted octanol–water partition coefficient (Wildman–Crippen LogP) is 4.28. The Hall–Kier alpha value is -2.32. The summed E-state index contributed by atoms with van der Waals surface area (Å²) < 4.78 is 23.3. The molecule has 1 unspecified atom stereocenters. The van der Waals surface area contributed by atoms with Gasteiger partial charge in [0.15, 0.2) is 15.7 Å². The maximum Gasteiger partial charge on any atom is 0.200 e. The highest BCUT2D eigenvalue weighted by Crippen LogP contribution is 2.29. The average molecular weight is 477 g/mol. The summed E-state index contributed by atoms with van der Waals surface area (Å²) in [6.45, 7) is 6.35. The first-order valence-corrected chi connectivity index (χ1v) is 13.0. The van der Waals surface area contributed by atoms with Crippen molar-refractivity contribution in [3.8, 4) is 0 Å². The van der Waals surface area contributed by atoms with Crippen molar-refractivity contribution in [1.82, 2.24) is 9.97 Å². The normalized spacial score (nSPS) is 18.2. The largest absolute Gasteiger partial charge is 0.336 e. The number of pyridine rings is 2. The molecular formula is C23H29ClN4O3S. The molecule has 1 atom stereocenters. The topological polar surface area (TPSA) is 101 Å². The van der Waals surface area contributed by atoms with Gasteiger partial charge in [0.1, 0.15) is 5.15 Å². The third-order valence-electron chi connectivity index (χ3n) is 5.48. The van der Waals surface area contributed by atoms with Crippen LogP contribution >= 0.6 is 11.6 Å². The number of halogens is 1. The number of carbonyl (C=O) groups excluding carboxylic acids is 1. The number of aryl methyl sites for hydroxylation is 2. The molecule has 1 aliphatic rings. The van der Waals surface area contributed by atoms with Crippen molar-refractivity contribution >= 4 is 38.7 Å². The third-order valence-corrected chi connectivity index (χ3v) is 6.90. The number of sulfone groups is 1. The summed E-state index contributed by atoms with van der Waals surface area (Å²) in [7, 11) is -3.32. The van der Waals surface area contributed by atoms with Gasteiger partial charge >= 0.3 is 0 Å². The van der Waals surface area contributed by atoms with E-state index in [1.54, 1.807) is 6.07 Å². The van der Waals surface area contributed by atoms with Crippen molar-refractivity contribution < 1.29 is 13.2 Å². The fraction of sp³-hybridized carbons (Fsp3) is 0.478. The summed E-state index contributed by atoms with van der Waals surface area (Å²) in [4.78, 5) is 26.8. The lowest BCUT2D eigenvalue weighted by Gasteiger charge is -2.24. The second-order valence-corrected chi connectivity index (χ2v) is 10.9. The van der Waals surface area contributed by atoms with Gasteiger partial charge in [-0.2, -0.15) is 0 Å². The number of nitrogens with zero attached hydrogens (tertiary/aromatic N) is 3. The SMILES string of the molecule is CCc1cc2c(nc1Cl)CCC(CC(C)C)C(=O)C(=NCc1ccc(S(C)(=O)=O)cn1)N2. The molecule has 0 saturated heterocycles. The van der Waals surface area contributed by atoms with Crippen molar-refractivity contribution in [2.24, 2.45) is 16.8 Å². The van der Waals surface area contributed by atoms with E-state index < -0.39 is 9.84 Å². The van der Waals surface area contributed by atoms with E-state index in [0.29, 0.717) is 29.6 Å². The first kappa shape index (κ1) is 24.3. The lowest BCUT2D eigenvalue weighted by atomic mass is 9.87. The van der Waals surface area contributed by atoms with Gasteiger partial charge in [-0.05, 0) is 55.4 Å². The van der Waals surface area contributed by atoms with Gasteiger partial charge in [-0.3, -0.25) is 14.8 Å². The smallest absolute Gasteiger partial charge is 0.200 e. The molecule has 2 aromatic heterocycles. The van der Waals surface area contributed by atoms with Crippen LogP contribution in [0.15, 0.2) is 34.3 Å². The monoisotopic (exact) mass is 476 g/mol. The van der Waals surface area contributed by atoms with Gasteiger partial charge in [-0.1, -0.05) is 32.4 Å². The highest BCUT2D eigenvalue weighted by atomic mass is 35.5. The minimum absolute atomic E-state index is 0.0231. The van der Waals surface area contributed by atoms with Gasteiger partial charge in [0.05, 0.1) is 28.5 Å². The lowest BCUT2D eigenvalue weighted by molar-refractivity contribution is -0.117. The second kappa shape index (κ2) is 10.1. The Morgan fingerprint density at radius 3 is 2.66 bits per heavy atom. The van der Waals surface area contributed by atoms with E-state index in [0.717, 1.165) is 36.0 Å². The molecule has 3 rings (SSSR count). The van der Waals surface area contributed by atoms with E-state index in [2.05, 4.69) is 34.1 Å². The van der Waals surface area contributed by atoms with Gasteiger partial charge in [-0.15, -0.1) is 0 Å². The van der Waals surface area contributed by atoms with Crippen molar-refractivity contribution in [1.29, 1.82) is 0 Å². The van der Waals surface area contributed by atoms with Crippen LogP contribution in [-0.2, 0) is 34.0 Å². The summed E-state index contributed by atoms with van der Waals surface area (Å²) in [5.74, 6) is 0.455. The molecular weight excluding hydrogens is 448 g/mol. The van der Waals surface area contributed by atoms with Crippen molar-refractivity contribution in [2.45, 2.75) is 57.9 Å². The Labute approximate surface area is 194 Å². The molecule has 172 valence electrons. The molecule has 0 saturated carbocycles. The highest BCUT2D eigenvalue weighted by Gasteiger charge is 2.28. The predicted molar refractivity (Wildman–Crippen MR) is 127 cm³/mol. The Morgan fingerprint density at radius 1 is 1.31 bits per heavy atom. The zero-order valence-electron chi connectivity index (χ0n) is 18.9. The van der Waals surface area contributed by atoms with E-state index in [9.17, 15) is 13.2 Å². The molecule has 0 amide bonds. The van der Waals surface area contributed by atoms with Crippen LogP contribution in [0.3, 0.4) is 0 Å². The number of hydrogen-bond donors (Lipinski definition) is 1. The number of carbonyl (C=O) groups is 1. The number of Topliss-reactive ketones (excluding diaryl/α,β-unsaturated/α-hetero) is 1. The molecule has 0 radical (unpaired) electrons. The summed E-state index contributed by atoms with van der Waals surface area (Å²) in [6.07, 6.45) is 5.29. The molecule has 0 bridgehead atoms. The summed E-state index contributed by atoms with van der Waals surface area (Å²) >= 11 is 6.34. The van der Waals surface area contributed by atoms with Gasteiger partial charge in [0.25, 0.3) is 0 Å². The summed E-state index contributed by atoms with van der Waals surface area (Å²) in [6, 6.07) is 5.06. The van der Waals surface area contributed by atoms with Gasteiger partial charge in [0, 0.05) is 18.4 Å². The number of amidine groups is 1. The molecule has 1 aliphatic heterocycles. The molecule has 3 heterocycles. The first-order chi connectivity index (χ1) is 15.1. The standard InChI is InChI=1S/C23H29ClN4O3S/c1-5-15-11-20-19(27-22(15)24)9-6-16(10-14(2)3)21(29)23(28-20)26-12-17-7-8-18(13-25-17)32(4,30)31/h7-8,11,13-14,16H,5-6,9-10,12H2,1-4H3,(H,26,28). The van der Waals surface area contributed by atoms with Crippen LogP contribution in [0.2, 0.25) is 5.15 Å². The van der Waals surface area contributed by atoms with Gasteiger partial charge < -0.3 is 5.32 Å². The number of ketones is 1. The Balaban J connectivity index is 1.95. The maximum atomic E-state index is 13.3. The number of rotatable bonds is 6. The van der Waals surface area contributed by atoms with Crippen LogP contribution in [0.4, 0.5) is 5.69 Å². The highest BCUT2D eigenvalue weighted by molar-refractivity contribution is 7.90. The van der Waals surface area contributed by atoms with E-state index >= 15 is 0 Å². The molecule has 0 fully saturated rings.